The number of carboxylic acid groups (broad SMARTS) is 1. The first-order valence-electron chi connectivity index (χ1n) is 5.27. The van der Waals surface area contributed by atoms with Crippen molar-refractivity contribution < 1.29 is 23.1 Å². The minimum absolute atomic E-state index is 0.0156. The average molecular weight is 242 g/mol. The van der Waals surface area contributed by atoms with Crippen molar-refractivity contribution in [3.8, 4) is 0 Å². The van der Waals surface area contributed by atoms with Crippen molar-refractivity contribution in [2.45, 2.75) is 24.7 Å². The first-order chi connectivity index (χ1) is 7.89. The lowest BCUT2D eigenvalue weighted by atomic mass is 9.33. The van der Waals surface area contributed by atoms with Crippen LogP contribution in [0.15, 0.2) is 12.1 Å². The van der Waals surface area contributed by atoms with E-state index in [9.17, 15) is 18.0 Å². The molecule has 3 aliphatic carbocycles. The van der Waals surface area contributed by atoms with Crippen LogP contribution in [0.2, 0.25) is 0 Å². The molecule has 2 nitrogen and oxygen atoms in total. The van der Waals surface area contributed by atoms with Gasteiger partial charge in [0.15, 0.2) is 11.6 Å². The molecule has 0 amide bonds. The van der Waals surface area contributed by atoms with Crippen molar-refractivity contribution in [2.24, 2.45) is 5.41 Å². The number of benzene rings is 1. The molecule has 0 saturated heterocycles. The minimum atomic E-state index is -1.21. The summed E-state index contributed by atoms with van der Waals surface area (Å²) in [5, 5.41) is 8.93. The van der Waals surface area contributed by atoms with Gasteiger partial charge in [0.05, 0.1) is 5.41 Å². The minimum Gasteiger partial charge on any atom is -0.481 e. The SMILES string of the molecule is O=C(O)C12CC(c3cc(F)cc(F)c3F)(C1)C2. The number of aliphatic carboxylic acids is 1. The number of hydrogen-bond acceptors (Lipinski definition) is 1. The van der Waals surface area contributed by atoms with E-state index in [2.05, 4.69) is 0 Å². The summed E-state index contributed by atoms with van der Waals surface area (Å²) in [6.45, 7) is 0. The van der Waals surface area contributed by atoms with E-state index < -0.39 is 34.3 Å². The highest BCUT2D eigenvalue weighted by Crippen LogP contribution is 2.73. The first-order valence-corrected chi connectivity index (χ1v) is 5.27. The highest BCUT2D eigenvalue weighted by molar-refractivity contribution is 5.80. The summed E-state index contributed by atoms with van der Waals surface area (Å²) in [6.07, 6.45) is 0.819. The van der Waals surface area contributed by atoms with Crippen LogP contribution in [0.1, 0.15) is 24.8 Å². The fourth-order valence-electron chi connectivity index (χ4n) is 3.24. The fourth-order valence-corrected chi connectivity index (χ4v) is 3.24. The molecule has 0 radical (unpaired) electrons. The van der Waals surface area contributed by atoms with E-state index in [1.54, 1.807) is 0 Å². The van der Waals surface area contributed by atoms with Gasteiger partial charge < -0.3 is 5.11 Å². The second-order valence-electron chi connectivity index (χ2n) is 5.15. The first kappa shape index (κ1) is 10.6. The molecular formula is C12H9F3O2. The highest BCUT2D eigenvalue weighted by atomic mass is 19.2. The zero-order valence-corrected chi connectivity index (χ0v) is 8.77. The quantitative estimate of drug-likeness (QED) is 0.809. The molecule has 90 valence electrons. The van der Waals surface area contributed by atoms with Gasteiger partial charge in [-0.05, 0) is 25.3 Å². The highest BCUT2D eigenvalue weighted by Gasteiger charge is 2.73. The maximum Gasteiger partial charge on any atom is 0.309 e. The molecule has 3 fully saturated rings. The lowest BCUT2D eigenvalue weighted by molar-refractivity contribution is -0.195. The van der Waals surface area contributed by atoms with Crippen LogP contribution in [0.4, 0.5) is 13.2 Å². The molecule has 0 aliphatic heterocycles. The van der Waals surface area contributed by atoms with Gasteiger partial charge in [-0.15, -0.1) is 0 Å². The van der Waals surface area contributed by atoms with Gasteiger partial charge >= 0.3 is 5.97 Å². The van der Waals surface area contributed by atoms with Crippen molar-refractivity contribution in [2.75, 3.05) is 0 Å². The molecule has 1 N–H and O–H groups in total. The van der Waals surface area contributed by atoms with E-state index in [0.717, 1.165) is 6.07 Å². The van der Waals surface area contributed by atoms with E-state index in [1.807, 2.05) is 0 Å². The zero-order valence-electron chi connectivity index (χ0n) is 8.77. The van der Waals surface area contributed by atoms with E-state index in [0.29, 0.717) is 6.07 Å². The maximum atomic E-state index is 13.6. The Morgan fingerprint density at radius 2 is 1.76 bits per heavy atom. The van der Waals surface area contributed by atoms with Gasteiger partial charge in [-0.25, -0.2) is 13.2 Å². The zero-order chi connectivity index (χ0) is 12.4. The molecule has 3 aliphatic rings. The number of carboxylic acids is 1. The van der Waals surface area contributed by atoms with E-state index >= 15 is 0 Å². The third-order valence-electron chi connectivity index (χ3n) is 4.05. The van der Waals surface area contributed by atoms with Crippen LogP contribution >= 0.6 is 0 Å². The van der Waals surface area contributed by atoms with Crippen LogP contribution in [0.3, 0.4) is 0 Å². The molecule has 0 spiro atoms. The number of halogens is 3. The van der Waals surface area contributed by atoms with E-state index in [4.69, 9.17) is 5.11 Å². The summed E-state index contributed by atoms with van der Waals surface area (Å²) in [5.74, 6) is -4.00. The lowest BCUT2D eigenvalue weighted by Crippen LogP contribution is -2.68. The van der Waals surface area contributed by atoms with Gasteiger partial charge in [-0.2, -0.15) is 0 Å². The van der Waals surface area contributed by atoms with Gasteiger partial charge in [-0.1, -0.05) is 0 Å². The normalized spacial score (nSPS) is 33.8. The molecule has 0 heterocycles. The summed E-state index contributed by atoms with van der Waals surface area (Å²) >= 11 is 0. The molecule has 0 atom stereocenters. The molecule has 0 aromatic heterocycles. The Labute approximate surface area is 95.1 Å². The van der Waals surface area contributed by atoms with Crippen LogP contribution < -0.4 is 0 Å². The van der Waals surface area contributed by atoms with Crippen LogP contribution in [0.5, 0.6) is 0 Å². The summed E-state index contributed by atoms with van der Waals surface area (Å²) < 4.78 is 39.7. The van der Waals surface area contributed by atoms with Crippen molar-refractivity contribution in [1.29, 1.82) is 0 Å². The Morgan fingerprint density at radius 1 is 1.18 bits per heavy atom. The Kier molecular flexibility index (Phi) is 1.77. The summed E-state index contributed by atoms with van der Waals surface area (Å²) in [6, 6.07) is 1.47. The number of carbonyl (C=O) groups is 1. The predicted octanol–water partition coefficient (Wildman–Crippen LogP) is 2.61. The third kappa shape index (κ3) is 1.14. The van der Waals surface area contributed by atoms with Gasteiger partial charge in [0.25, 0.3) is 0 Å². The van der Waals surface area contributed by atoms with E-state index in [-0.39, 0.29) is 24.8 Å². The van der Waals surface area contributed by atoms with Crippen molar-refractivity contribution >= 4 is 5.97 Å². The van der Waals surface area contributed by atoms with Gasteiger partial charge in [0, 0.05) is 17.0 Å². The molecular weight excluding hydrogens is 233 g/mol. The van der Waals surface area contributed by atoms with Crippen molar-refractivity contribution in [3.05, 3.63) is 35.1 Å². The topological polar surface area (TPSA) is 37.3 Å². The Morgan fingerprint density at radius 3 is 2.29 bits per heavy atom. The second kappa shape index (κ2) is 2.83. The smallest absolute Gasteiger partial charge is 0.309 e. The molecule has 17 heavy (non-hydrogen) atoms. The standard InChI is InChI=1S/C12H9F3O2/c13-6-1-7(9(15)8(14)2-6)11-3-12(4-11,5-11)10(16)17/h1-2H,3-5H2,(H,16,17). The molecule has 1 aromatic rings. The van der Waals surface area contributed by atoms with Gasteiger partial charge in [0.1, 0.15) is 5.82 Å². The largest absolute Gasteiger partial charge is 0.481 e. The number of rotatable bonds is 2. The van der Waals surface area contributed by atoms with Gasteiger partial charge in [-0.3, -0.25) is 4.79 Å². The Bertz CT molecular complexity index is 519. The summed E-state index contributed by atoms with van der Waals surface area (Å²) in [4.78, 5) is 10.9. The van der Waals surface area contributed by atoms with Crippen LogP contribution in [0, 0.1) is 22.9 Å². The van der Waals surface area contributed by atoms with Crippen molar-refractivity contribution in [1.82, 2.24) is 0 Å². The molecule has 4 rings (SSSR count). The van der Waals surface area contributed by atoms with Gasteiger partial charge in [0.2, 0.25) is 0 Å². The molecule has 0 unspecified atom stereocenters. The molecule has 3 saturated carbocycles. The summed E-state index contributed by atoms with van der Waals surface area (Å²) in [7, 11) is 0. The average Bonchev–Trinajstić information content (AvgIpc) is 2.07. The van der Waals surface area contributed by atoms with E-state index in [1.165, 1.54) is 0 Å². The predicted molar refractivity (Wildman–Crippen MR) is 51.9 cm³/mol. The summed E-state index contributed by atoms with van der Waals surface area (Å²) in [5.41, 5.74) is -1.46. The lowest BCUT2D eigenvalue weighted by Gasteiger charge is -2.68. The second-order valence-corrected chi connectivity index (χ2v) is 5.15. The van der Waals surface area contributed by atoms with Crippen LogP contribution in [0.25, 0.3) is 0 Å². The Hall–Kier alpha value is -1.52. The third-order valence-corrected chi connectivity index (χ3v) is 4.05. The molecule has 2 bridgehead atoms. The fraction of sp³-hybridized carbons (Fsp3) is 0.417. The molecule has 5 heteroatoms. The number of hydrogen-bond donors (Lipinski definition) is 1. The van der Waals surface area contributed by atoms with Crippen molar-refractivity contribution in [3.63, 3.8) is 0 Å². The van der Waals surface area contributed by atoms with Crippen LogP contribution in [-0.4, -0.2) is 11.1 Å². The maximum absolute atomic E-state index is 13.6. The monoisotopic (exact) mass is 242 g/mol. The van der Waals surface area contributed by atoms with Crippen LogP contribution in [-0.2, 0) is 10.2 Å². The Balaban J connectivity index is 1.97. The molecule has 1 aromatic carbocycles.